The standard InChI is InChI=1S/C20H26N2O3/c1-20(23,18-4-3-11-22(18)2)15-7-9-16(10-8-15)24-13-19-21-12-17(25-19)14-5-6-14/h7-10,12,14,18,23H,3-6,11,13H2,1-2H3/t18-,20?/m1/s1. The van der Waals surface area contributed by atoms with Crippen molar-refractivity contribution < 1.29 is 14.3 Å². The summed E-state index contributed by atoms with van der Waals surface area (Å²) in [5, 5.41) is 11.0. The van der Waals surface area contributed by atoms with Gasteiger partial charge >= 0.3 is 0 Å². The Morgan fingerprint density at radius 3 is 2.68 bits per heavy atom. The summed E-state index contributed by atoms with van der Waals surface area (Å²) in [5.41, 5.74) is 0.0663. The Bertz CT molecular complexity index is 719. The Morgan fingerprint density at radius 2 is 2.04 bits per heavy atom. The SMILES string of the molecule is CN1CCC[C@@H]1C(C)(O)c1ccc(OCc2ncc(C3CC3)o2)cc1. The molecule has 1 aromatic carbocycles. The number of oxazole rings is 1. The monoisotopic (exact) mass is 342 g/mol. The van der Waals surface area contributed by atoms with E-state index in [1.165, 1.54) is 12.8 Å². The quantitative estimate of drug-likeness (QED) is 0.871. The van der Waals surface area contributed by atoms with Gasteiger partial charge in [-0.3, -0.25) is 0 Å². The van der Waals surface area contributed by atoms with E-state index in [-0.39, 0.29) is 6.04 Å². The molecule has 4 rings (SSSR count). The first-order valence-electron chi connectivity index (χ1n) is 9.14. The van der Waals surface area contributed by atoms with E-state index < -0.39 is 5.60 Å². The van der Waals surface area contributed by atoms with Crippen molar-refractivity contribution in [1.82, 2.24) is 9.88 Å². The molecule has 1 aliphatic carbocycles. The van der Waals surface area contributed by atoms with E-state index in [0.29, 0.717) is 18.4 Å². The predicted octanol–water partition coefficient (Wildman–Crippen LogP) is 3.43. The molecule has 2 atom stereocenters. The molecule has 0 radical (unpaired) electrons. The molecule has 0 bridgehead atoms. The second kappa shape index (κ2) is 6.46. The molecule has 134 valence electrons. The van der Waals surface area contributed by atoms with Crippen LogP contribution in [0.25, 0.3) is 0 Å². The molecular weight excluding hydrogens is 316 g/mol. The first-order chi connectivity index (χ1) is 12.0. The summed E-state index contributed by atoms with van der Waals surface area (Å²) in [4.78, 5) is 6.51. The van der Waals surface area contributed by atoms with Crippen LogP contribution in [0.3, 0.4) is 0 Å². The minimum atomic E-state index is -0.856. The highest BCUT2D eigenvalue weighted by Crippen LogP contribution is 2.40. The Kier molecular flexibility index (Phi) is 4.29. The van der Waals surface area contributed by atoms with Gasteiger partial charge in [-0.25, -0.2) is 4.98 Å². The number of aliphatic hydroxyl groups is 1. The van der Waals surface area contributed by atoms with Crippen LogP contribution < -0.4 is 4.74 Å². The van der Waals surface area contributed by atoms with Crippen molar-refractivity contribution >= 4 is 0 Å². The van der Waals surface area contributed by atoms with Gasteiger partial charge in [-0.1, -0.05) is 12.1 Å². The van der Waals surface area contributed by atoms with Gasteiger partial charge in [0.15, 0.2) is 6.61 Å². The van der Waals surface area contributed by atoms with Crippen molar-refractivity contribution in [3.63, 3.8) is 0 Å². The molecule has 1 saturated heterocycles. The Balaban J connectivity index is 1.39. The van der Waals surface area contributed by atoms with Gasteiger partial charge in [-0.2, -0.15) is 0 Å². The zero-order chi connectivity index (χ0) is 17.4. The van der Waals surface area contributed by atoms with Crippen LogP contribution in [0.1, 0.15) is 55.7 Å². The number of aromatic nitrogens is 1. The third kappa shape index (κ3) is 3.44. The summed E-state index contributed by atoms with van der Waals surface area (Å²) in [6.07, 6.45) is 6.38. The average molecular weight is 342 g/mol. The molecule has 25 heavy (non-hydrogen) atoms. The number of rotatable bonds is 6. The predicted molar refractivity (Wildman–Crippen MR) is 94.5 cm³/mol. The lowest BCUT2D eigenvalue weighted by molar-refractivity contribution is -0.0153. The number of ether oxygens (including phenoxy) is 1. The van der Waals surface area contributed by atoms with Crippen molar-refractivity contribution in [3.05, 3.63) is 47.7 Å². The van der Waals surface area contributed by atoms with E-state index in [9.17, 15) is 5.11 Å². The number of likely N-dealkylation sites (N-methyl/N-ethyl adjacent to an activating group) is 1. The van der Waals surface area contributed by atoms with Crippen molar-refractivity contribution in [3.8, 4) is 5.75 Å². The molecule has 5 heteroatoms. The lowest BCUT2D eigenvalue weighted by Crippen LogP contribution is -2.43. The Hall–Kier alpha value is -1.85. The lowest BCUT2D eigenvalue weighted by Gasteiger charge is -2.35. The number of likely N-dealkylation sites (tertiary alicyclic amines) is 1. The highest BCUT2D eigenvalue weighted by molar-refractivity contribution is 5.32. The smallest absolute Gasteiger partial charge is 0.232 e. The van der Waals surface area contributed by atoms with Crippen LogP contribution in [-0.2, 0) is 12.2 Å². The molecule has 0 spiro atoms. The van der Waals surface area contributed by atoms with Crippen LogP contribution >= 0.6 is 0 Å². The van der Waals surface area contributed by atoms with Gasteiger partial charge in [0, 0.05) is 12.0 Å². The maximum Gasteiger partial charge on any atom is 0.232 e. The topological polar surface area (TPSA) is 58.7 Å². The lowest BCUT2D eigenvalue weighted by atomic mass is 9.87. The normalized spacial score (nSPS) is 23.6. The van der Waals surface area contributed by atoms with Gasteiger partial charge in [0.1, 0.15) is 17.1 Å². The average Bonchev–Trinajstić information content (AvgIpc) is 3.18. The minimum absolute atomic E-state index is 0.160. The molecule has 2 heterocycles. The van der Waals surface area contributed by atoms with Crippen LogP contribution in [0, 0.1) is 0 Å². The molecule has 0 amide bonds. The molecule has 2 aliphatic rings. The van der Waals surface area contributed by atoms with Crippen LogP contribution in [0.5, 0.6) is 5.75 Å². The van der Waals surface area contributed by atoms with Crippen molar-refractivity contribution in [2.75, 3.05) is 13.6 Å². The summed E-state index contributed by atoms with van der Waals surface area (Å²) >= 11 is 0. The first kappa shape index (κ1) is 16.6. The van der Waals surface area contributed by atoms with E-state index in [4.69, 9.17) is 9.15 Å². The van der Waals surface area contributed by atoms with Crippen molar-refractivity contribution in [1.29, 1.82) is 0 Å². The zero-order valence-corrected chi connectivity index (χ0v) is 14.9. The first-order valence-corrected chi connectivity index (χ1v) is 9.14. The summed E-state index contributed by atoms with van der Waals surface area (Å²) in [5.74, 6) is 2.92. The van der Waals surface area contributed by atoms with Gasteiger partial charge in [0.2, 0.25) is 5.89 Å². The van der Waals surface area contributed by atoms with Gasteiger partial charge < -0.3 is 19.2 Å². The van der Waals surface area contributed by atoms with Crippen LogP contribution in [0.4, 0.5) is 0 Å². The summed E-state index contributed by atoms with van der Waals surface area (Å²) in [6, 6.07) is 7.87. The van der Waals surface area contributed by atoms with E-state index >= 15 is 0 Å². The van der Waals surface area contributed by atoms with E-state index in [1.807, 2.05) is 37.4 Å². The molecule has 1 saturated carbocycles. The molecule has 1 unspecified atom stereocenters. The second-order valence-electron chi connectivity index (χ2n) is 7.53. The third-order valence-corrected chi connectivity index (χ3v) is 5.52. The van der Waals surface area contributed by atoms with Crippen molar-refractivity contribution in [2.24, 2.45) is 0 Å². The highest BCUT2D eigenvalue weighted by Gasteiger charge is 2.38. The maximum atomic E-state index is 11.0. The third-order valence-electron chi connectivity index (χ3n) is 5.52. The molecule has 1 aromatic heterocycles. The van der Waals surface area contributed by atoms with Gasteiger partial charge in [-0.05, 0) is 63.9 Å². The largest absolute Gasteiger partial charge is 0.484 e. The fraction of sp³-hybridized carbons (Fsp3) is 0.550. The fourth-order valence-corrected chi connectivity index (χ4v) is 3.79. The van der Waals surface area contributed by atoms with Crippen LogP contribution in [-0.4, -0.2) is 34.6 Å². The van der Waals surface area contributed by atoms with E-state index in [1.54, 1.807) is 0 Å². The van der Waals surface area contributed by atoms with E-state index in [2.05, 4.69) is 16.9 Å². The summed E-state index contributed by atoms with van der Waals surface area (Å²) < 4.78 is 11.5. The van der Waals surface area contributed by atoms with Gasteiger partial charge in [0.05, 0.1) is 6.20 Å². The Morgan fingerprint density at radius 1 is 1.28 bits per heavy atom. The molecule has 2 fully saturated rings. The maximum absolute atomic E-state index is 11.0. The molecular formula is C20H26N2O3. The van der Waals surface area contributed by atoms with E-state index in [0.717, 1.165) is 36.5 Å². The minimum Gasteiger partial charge on any atom is -0.484 e. The second-order valence-corrected chi connectivity index (χ2v) is 7.53. The number of hydrogen-bond acceptors (Lipinski definition) is 5. The molecule has 1 N–H and O–H groups in total. The number of hydrogen-bond donors (Lipinski definition) is 1. The zero-order valence-electron chi connectivity index (χ0n) is 14.9. The number of nitrogens with zero attached hydrogens (tertiary/aromatic N) is 2. The van der Waals surface area contributed by atoms with Gasteiger partial charge in [0.25, 0.3) is 0 Å². The summed E-state index contributed by atoms with van der Waals surface area (Å²) in [6.45, 7) is 3.27. The number of benzene rings is 1. The van der Waals surface area contributed by atoms with Crippen molar-refractivity contribution in [2.45, 2.75) is 56.8 Å². The Labute approximate surface area is 148 Å². The van der Waals surface area contributed by atoms with Crippen LogP contribution in [0.2, 0.25) is 0 Å². The molecule has 1 aliphatic heterocycles. The van der Waals surface area contributed by atoms with Gasteiger partial charge in [-0.15, -0.1) is 0 Å². The summed E-state index contributed by atoms with van der Waals surface area (Å²) in [7, 11) is 2.08. The fourth-order valence-electron chi connectivity index (χ4n) is 3.79. The molecule has 5 nitrogen and oxygen atoms in total. The molecule has 2 aromatic rings. The highest BCUT2D eigenvalue weighted by atomic mass is 16.5. The van der Waals surface area contributed by atoms with Crippen LogP contribution in [0.15, 0.2) is 34.9 Å².